The summed E-state index contributed by atoms with van der Waals surface area (Å²) in [6, 6.07) is 2.34. The van der Waals surface area contributed by atoms with E-state index >= 15 is 0 Å². The first-order valence-electron chi connectivity index (χ1n) is 6.66. The molecule has 1 aromatic heterocycles. The Labute approximate surface area is 132 Å². The Bertz CT molecular complexity index is 775. The monoisotopic (exact) mass is 346 g/mol. The number of anilines is 1. The minimum Gasteiger partial charge on any atom is -0.244 e. The number of nitrogens with zero attached hydrogens (tertiary/aromatic N) is 2. The molecule has 0 saturated heterocycles. The first kappa shape index (κ1) is 16.8. The van der Waals surface area contributed by atoms with Crippen LogP contribution in [-0.4, -0.2) is 20.4 Å². The van der Waals surface area contributed by atoms with Gasteiger partial charge in [-0.25, -0.2) is 26.5 Å². The third-order valence-electron chi connectivity index (χ3n) is 3.43. The van der Waals surface area contributed by atoms with Gasteiger partial charge < -0.3 is 0 Å². The molecule has 4 nitrogen and oxygen atoms in total. The molecule has 0 aliphatic heterocycles. The van der Waals surface area contributed by atoms with Gasteiger partial charge in [0.25, 0.3) is 10.0 Å². The Morgan fingerprint density at radius 2 is 2.05 bits per heavy atom. The van der Waals surface area contributed by atoms with E-state index in [0.29, 0.717) is 6.07 Å². The third kappa shape index (κ3) is 3.12. The molecule has 0 radical (unpaired) electrons. The van der Waals surface area contributed by atoms with E-state index in [1.165, 1.54) is 7.05 Å². The van der Waals surface area contributed by atoms with Crippen LogP contribution in [0.5, 0.6) is 0 Å². The van der Waals surface area contributed by atoms with E-state index in [1.54, 1.807) is 5.38 Å². The Morgan fingerprint density at radius 1 is 1.36 bits per heavy atom. The number of thiazole rings is 1. The lowest BCUT2D eigenvalue weighted by molar-refractivity contribution is 0.552. The number of rotatable bonds is 5. The maximum atomic E-state index is 13.7. The number of sulfonamides is 1. The smallest absolute Gasteiger partial charge is 0.244 e. The first-order chi connectivity index (χ1) is 10.3. The van der Waals surface area contributed by atoms with Gasteiger partial charge in [-0.05, 0) is 30.5 Å². The van der Waals surface area contributed by atoms with Crippen molar-refractivity contribution in [2.75, 3.05) is 11.4 Å². The highest BCUT2D eigenvalue weighted by Crippen LogP contribution is 2.30. The van der Waals surface area contributed by atoms with Crippen LogP contribution in [0.1, 0.15) is 31.9 Å². The normalized spacial score (nSPS) is 13.1. The summed E-state index contributed by atoms with van der Waals surface area (Å²) in [5.41, 5.74) is 0.782. The molecule has 0 spiro atoms. The second-order valence-corrected chi connectivity index (χ2v) is 7.69. The van der Waals surface area contributed by atoms with Crippen LogP contribution >= 0.6 is 11.3 Å². The van der Waals surface area contributed by atoms with E-state index in [-0.39, 0.29) is 11.0 Å². The highest BCUT2D eigenvalue weighted by molar-refractivity contribution is 7.93. The van der Waals surface area contributed by atoms with Gasteiger partial charge >= 0.3 is 0 Å². The Balaban J connectivity index is 2.41. The first-order valence-corrected chi connectivity index (χ1v) is 8.98. The largest absolute Gasteiger partial charge is 0.268 e. The molecule has 2 rings (SSSR count). The second-order valence-electron chi connectivity index (χ2n) is 4.91. The van der Waals surface area contributed by atoms with Gasteiger partial charge in [-0.1, -0.05) is 13.8 Å². The van der Waals surface area contributed by atoms with Crippen LogP contribution in [0.25, 0.3) is 0 Å². The summed E-state index contributed by atoms with van der Waals surface area (Å²) in [5, 5.41) is 2.00. The highest BCUT2D eigenvalue weighted by Gasteiger charge is 2.27. The molecule has 120 valence electrons. The Kier molecular flexibility index (Phi) is 4.81. The maximum absolute atomic E-state index is 13.7. The van der Waals surface area contributed by atoms with Crippen molar-refractivity contribution in [2.45, 2.75) is 31.1 Å². The van der Waals surface area contributed by atoms with Crippen LogP contribution in [0.2, 0.25) is 0 Å². The van der Waals surface area contributed by atoms with Gasteiger partial charge in [-0.3, -0.25) is 0 Å². The zero-order valence-electron chi connectivity index (χ0n) is 12.4. The summed E-state index contributed by atoms with van der Waals surface area (Å²) >= 11 is 1.15. The molecule has 1 heterocycles. The summed E-state index contributed by atoms with van der Waals surface area (Å²) in [5.74, 6) is -1.60. The number of benzene rings is 1. The molecule has 0 aliphatic carbocycles. The fourth-order valence-corrected chi connectivity index (χ4v) is 4.14. The molecule has 0 bridgehead atoms. The van der Waals surface area contributed by atoms with Crippen molar-refractivity contribution < 1.29 is 17.2 Å². The van der Waals surface area contributed by atoms with Crippen molar-refractivity contribution in [1.29, 1.82) is 0 Å². The zero-order valence-corrected chi connectivity index (χ0v) is 14.0. The highest BCUT2D eigenvalue weighted by atomic mass is 32.2. The van der Waals surface area contributed by atoms with E-state index in [4.69, 9.17) is 0 Å². The summed E-state index contributed by atoms with van der Waals surface area (Å²) in [6.07, 6.45) is 0.873. The molecule has 0 aliphatic rings. The van der Waals surface area contributed by atoms with Crippen LogP contribution in [-0.2, 0) is 10.0 Å². The average Bonchev–Trinajstić information content (AvgIpc) is 2.97. The topological polar surface area (TPSA) is 50.3 Å². The van der Waals surface area contributed by atoms with Crippen LogP contribution in [0, 0.1) is 11.6 Å². The lowest BCUT2D eigenvalue weighted by Crippen LogP contribution is -2.27. The molecular weight excluding hydrogens is 330 g/mol. The molecule has 0 unspecified atom stereocenters. The molecule has 1 aromatic carbocycles. The van der Waals surface area contributed by atoms with Gasteiger partial charge in [-0.15, -0.1) is 11.3 Å². The van der Waals surface area contributed by atoms with Crippen LogP contribution < -0.4 is 4.31 Å². The number of hydrogen-bond acceptors (Lipinski definition) is 4. The third-order valence-corrected chi connectivity index (χ3v) is 6.24. The minimum absolute atomic E-state index is 0.201. The van der Waals surface area contributed by atoms with E-state index in [2.05, 4.69) is 4.98 Å². The van der Waals surface area contributed by atoms with Crippen LogP contribution in [0.3, 0.4) is 0 Å². The van der Waals surface area contributed by atoms with Crippen LogP contribution in [0.4, 0.5) is 13.9 Å². The molecule has 22 heavy (non-hydrogen) atoms. The molecule has 0 fully saturated rings. The number of halogens is 2. The number of aromatic nitrogens is 1. The molecule has 1 atom stereocenters. The molecule has 0 N–H and O–H groups in total. The fourth-order valence-electron chi connectivity index (χ4n) is 1.78. The van der Waals surface area contributed by atoms with Gasteiger partial charge in [0.2, 0.25) is 0 Å². The lowest BCUT2D eigenvalue weighted by atomic mass is 10.1. The molecule has 8 heteroatoms. The van der Waals surface area contributed by atoms with E-state index in [9.17, 15) is 17.2 Å². The predicted molar refractivity (Wildman–Crippen MR) is 82.8 cm³/mol. The average molecular weight is 346 g/mol. The summed E-state index contributed by atoms with van der Waals surface area (Å²) in [7, 11) is -2.92. The van der Waals surface area contributed by atoms with Gasteiger partial charge in [0, 0.05) is 12.4 Å². The molecular formula is C14H16F2N2O2S2. The van der Waals surface area contributed by atoms with Gasteiger partial charge in [0.15, 0.2) is 5.13 Å². The fraction of sp³-hybridized carbons (Fsp3) is 0.357. The van der Waals surface area contributed by atoms with E-state index in [1.807, 2.05) is 13.8 Å². The van der Waals surface area contributed by atoms with E-state index < -0.39 is 26.6 Å². The summed E-state index contributed by atoms with van der Waals surface area (Å²) < 4.78 is 52.7. The zero-order chi connectivity index (χ0) is 16.5. The predicted octanol–water partition coefficient (Wildman–Crippen LogP) is 3.76. The van der Waals surface area contributed by atoms with Gasteiger partial charge in [-0.2, -0.15) is 0 Å². The standard InChI is InChI=1S/C14H16F2N2O2S2/c1-4-9(2)12-8-21-14(17-12)18(3)22(19,20)13-7-10(15)5-6-11(13)16/h5-9H,4H2,1-3H3/t9-/m0/s1. The second kappa shape index (κ2) is 6.29. The van der Waals surface area contributed by atoms with E-state index in [0.717, 1.165) is 39.9 Å². The quantitative estimate of drug-likeness (QED) is 0.828. The minimum atomic E-state index is -4.20. The lowest BCUT2D eigenvalue weighted by Gasteiger charge is -2.17. The molecule has 0 saturated carbocycles. The summed E-state index contributed by atoms with van der Waals surface area (Å²) in [6.45, 7) is 3.99. The molecule has 0 amide bonds. The number of hydrogen-bond donors (Lipinski definition) is 0. The molecule has 2 aromatic rings. The van der Waals surface area contributed by atoms with Crippen LogP contribution in [0.15, 0.2) is 28.5 Å². The SMILES string of the molecule is CC[C@H](C)c1csc(N(C)S(=O)(=O)c2cc(F)ccc2F)n1. The van der Waals surface area contributed by atoms with Crippen molar-refractivity contribution in [3.05, 3.63) is 40.9 Å². The summed E-state index contributed by atoms with van der Waals surface area (Å²) in [4.78, 5) is 3.58. The van der Waals surface area contributed by atoms with Crippen molar-refractivity contribution in [3.63, 3.8) is 0 Å². The Morgan fingerprint density at radius 3 is 2.68 bits per heavy atom. The van der Waals surface area contributed by atoms with Crippen molar-refractivity contribution in [2.24, 2.45) is 0 Å². The maximum Gasteiger partial charge on any atom is 0.268 e. The Hall–Kier alpha value is -1.54. The van der Waals surface area contributed by atoms with Gasteiger partial charge in [0.1, 0.15) is 16.5 Å². The van der Waals surface area contributed by atoms with Crippen molar-refractivity contribution in [1.82, 2.24) is 4.98 Å². The van der Waals surface area contributed by atoms with Crippen molar-refractivity contribution in [3.8, 4) is 0 Å². The van der Waals surface area contributed by atoms with Crippen molar-refractivity contribution >= 4 is 26.5 Å². The van der Waals surface area contributed by atoms with Gasteiger partial charge in [0.05, 0.1) is 5.69 Å².